The summed E-state index contributed by atoms with van der Waals surface area (Å²) in [6.45, 7) is 12.9. The Morgan fingerprint density at radius 1 is 1.21 bits per heavy atom. The Balaban J connectivity index is 0.00000133. The average molecular weight is 410 g/mol. The maximum absolute atomic E-state index is 12.2. The first-order chi connectivity index (χ1) is 12.6. The van der Waals surface area contributed by atoms with Crippen molar-refractivity contribution in [2.45, 2.75) is 47.1 Å². The van der Waals surface area contributed by atoms with Crippen molar-refractivity contribution in [3.8, 4) is 0 Å². The Morgan fingerprint density at radius 2 is 1.82 bits per heavy atom. The Bertz CT molecular complexity index is 692. The number of allylic oxidation sites excluding steroid dienone is 7. The van der Waals surface area contributed by atoms with Gasteiger partial charge in [-0.2, -0.15) is 0 Å². The van der Waals surface area contributed by atoms with Gasteiger partial charge in [0.15, 0.2) is 5.78 Å². The van der Waals surface area contributed by atoms with Crippen LogP contribution in [0.25, 0.3) is 0 Å². The zero-order chi connectivity index (χ0) is 20.6. The van der Waals surface area contributed by atoms with E-state index in [1.807, 2.05) is 19.7 Å². The second-order valence-corrected chi connectivity index (χ2v) is 8.67. The van der Waals surface area contributed by atoms with Crippen LogP contribution in [0.5, 0.6) is 0 Å². The normalized spacial score (nSPS) is 19.4. The van der Waals surface area contributed by atoms with Crippen molar-refractivity contribution in [2.75, 3.05) is 27.5 Å². The highest BCUT2D eigenvalue weighted by molar-refractivity contribution is 7.31. The number of methoxy groups -OCH3 is 1. The third-order valence-corrected chi connectivity index (χ3v) is 4.69. The molecule has 0 aromatic heterocycles. The SMILES string of the molecule is COCC(=O)C1C=C(C)C=C2C=C(C(C)(C)C)C=C(C)CC2=N1.COPC.O. The van der Waals surface area contributed by atoms with Gasteiger partial charge in [-0.1, -0.05) is 44.1 Å². The van der Waals surface area contributed by atoms with Crippen molar-refractivity contribution in [2.24, 2.45) is 10.4 Å². The summed E-state index contributed by atoms with van der Waals surface area (Å²) >= 11 is 0. The molecule has 28 heavy (non-hydrogen) atoms. The highest BCUT2D eigenvalue weighted by atomic mass is 31.1. The van der Waals surface area contributed by atoms with Crippen LogP contribution in [0.1, 0.15) is 41.0 Å². The number of ether oxygens (including phenoxy) is 1. The molecule has 1 aliphatic carbocycles. The van der Waals surface area contributed by atoms with Gasteiger partial charge in [-0.3, -0.25) is 9.79 Å². The molecule has 0 fully saturated rings. The highest BCUT2D eigenvalue weighted by Gasteiger charge is 2.24. The minimum Gasteiger partial charge on any atom is -0.412 e. The van der Waals surface area contributed by atoms with E-state index in [1.54, 1.807) is 14.2 Å². The van der Waals surface area contributed by atoms with Gasteiger partial charge in [0.2, 0.25) is 0 Å². The molecule has 0 saturated carbocycles. The first-order valence-electron chi connectivity index (χ1n) is 9.20. The molecule has 1 aliphatic heterocycles. The molecule has 0 saturated heterocycles. The molecule has 158 valence electrons. The van der Waals surface area contributed by atoms with Crippen molar-refractivity contribution >= 4 is 20.3 Å². The second-order valence-electron chi connectivity index (χ2n) is 7.86. The van der Waals surface area contributed by atoms with Crippen molar-refractivity contribution in [3.05, 3.63) is 46.6 Å². The lowest BCUT2D eigenvalue weighted by molar-refractivity contribution is -0.122. The second kappa shape index (κ2) is 12.2. The molecule has 0 aromatic carbocycles. The summed E-state index contributed by atoms with van der Waals surface area (Å²) in [5.74, 6) is -0.0000889. The molecule has 2 atom stereocenters. The molecule has 0 aromatic rings. The molecule has 2 aliphatic rings. The summed E-state index contributed by atoms with van der Waals surface area (Å²) in [6, 6.07) is -0.448. The number of carbonyl (C=O) groups excluding carboxylic acids is 1. The number of Topliss-reactive ketones (excluding diaryl/α,β-unsaturated/α-hetero) is 1. The van der Waals surface area contributed by atoms with Crippen LogP contribution in [0.3, 0.4) is 0 Å². The zero-order valence-corrected chi connectivity index (χ0v) is 19.5. The fraction of sp³-hybridized carbons (Fsp3) is 0.545. The summed E-state index contributed by atoms with van der Waals surface area (Å²) in [7, 11) is 3.87. The standard InChI is InChI=1S/C20H27NO2.C2H7OP.H2O/c1-13-7-15-11-16(20(3,4)5)8-14(2)9-17(15)21-18(10-13)19(22)12-23-6;1-3-4-2;/h7-8,10-11,18H,9,12H2,1-6H3;4H,1-2H3;1H2. The fourth-order valence-corrected chi connectivity index (χ4v) is 2.79. The van der Waals surface area contributed by atoms with E-state index in [0.717, 1.165) is 23.3 Å². The maximum atomic E-state index is 12.2. The predicted molar refractivity (Wildman–Crippen MR) is 121 cm³/mol. The van der Waals surface area contributed by atoms with E-state index < -0.39 is 6.04 Å². The lowest BCUT2D eigenvalue weighted by Crippen LogP contribution is -2.22. The lowest BCUT2D eigenvalue weighted by atomic mass is 9.85. The molecule has 0 spiro atoms. The third kappa shape index (κ3) is 8.32. The smallest absolute Gasteiger partial charge is 0.186 e. The van der Waals surface area contributed by atoms with Crippen molar-refractivity contribution in [1.29, 1.82) is 0 Å². The van der Waals surface area contributed by atoms with E-state index >= 15 is 0 Å². The van der Waals surface area contributed by atoms with E-state index in [4.69, 9.17) is 9.73 Å². The zero-order valence-electron chi connectivity index (χ0n) is 18.5. The van der Waals surface area contributed by atoms with Crippen LogP contribution < -0.4 is 0 Å². The quantitative estimate of drug-likeness (QED) is 0.651. The minimum atomic E-state index is -0.448. The summed E-state index contributed by atoms with van der Waals surface area (Å²) in [5.41, 5.74) is 5.81. The van der Waals surface area contributed by atoms with Crippen LogP contribution in [0.4, 0.5) is 0 Å². The van der Waals surface area contributed by atoms with Crippen LogP contribution in [0.15, 0.2) is 51.6 Å². The van der Waals surface area contributed by atoms with Gasteiger partial charge in [0.1, 0.15) is 12.6 Å². The molecule has 1 heterocycles. The molecule has 0 bridgehead atoms. The number of rotatable bonds is 4. The lowest BCUT2D eigenvalue weighted by Gasteiger charge is -2.20. The van der Waals surface area contributed by atoms with E-state index in [9.17, 15) is 4.79 Å². The molecular weight excluding hydrogens is 373 g/mol. The van der Waals surface area contributed by atoms with E-state index in [1.165, 1.54) is 11.1 Å². The molecule has 5 nitrogen and oxygen atoms in total. The summed E-state index contributed by atoms with van der Waals surface area (Å²) in [5, 5.41) is 0. The van der Waals surface area contributed by atoms with Crippen LogP contribution in [0, 0.1) is 5.41 Å². The maximum Gasteiger partial charge on any atom is 0.186 e. The number of aliphatic imine (C=N–C) groups is 1. The average Bonchev–Trinajstić information content (AvgIpc) is 2.82. The topological polar surface area (TPSA) is 79.4 Å². The summed E-state index contributed by atoms with van der Waals surface area (Å²) in [4.78, 5) is 17.0. The van der Waals surface area contributed by atoms with Gasteiger partial charge >= 0.3 is 0 Å². The van der Waals surface area contributed by atoms with Gasteiger partial charge in [0.05, 0.1) is 0 Å². The minimum absolute atomic E-state index is 0. The van der Waals surface area contributed by atoms with Gasteiger partial charge < -0.3 is 14.7 Å². The van der Waals surface area contributed by atoms with Gasteiger partial charge in [-0.25, -0.2) is 0 Å². The largest absolute Gasteiger partial charge is 0.412 e. The predicted octanol–water partition coefficient (Wildman–Crippen LogP) is 4.25. The third-order valence-electron chi connectivity index (χ3n) is 4.28. The highest BCUT2D eigenvalue weighted by Crippen LogP contribution is 2.33. The first-order valence-corrected chi connectivity index (χ1v) is 10.6. The van der Waals surface area contributed by atoms with Gasteiger partial charge in [0.25, 0.3) is 0 Å². The molecule has 2 unspecified atom stereocenters. The fourth-order valence-electron chi connectivity index (χ4n) is 2.79. The van der Waals surface area contributed by atoms with E-state index in [2.05, 4.69) is 50.4 Å². The van der Waals surface area contributed by atoms with Crippen LogP contribution in [-0.2, 0) is 14.1 Å². The molecule has 6 heteroatoms. The Labute approximate surface area is 171 Å². The summed E-state index contributed by atoms with van der Waals surface area (Å²) < 4.78 is 9.56. The van der Waals surface area contributed by atoms with E-state index in [0.29, 0.717) is 8.81 Å². The summed E-state index contributed by atoms with van der Waals surface area (Å²) in [6.07, 6.45) is 9.31. The molecule has 0 radical (unpaired) electrons. The Hall–Kier alpha value is -1.39. The number of carbonyl (C=O) groups is 1. The van der Waals surface area contributed by atoms with E-state index in [-0.39, 0.29) is 23.3 Å². The van der Waals surface area contributed by atoms with Gasteiger partial charge in [-0.15, -0.1) is 0 Å². The Kier molecular flexibility index (Phi) is 11.6. The number of fused-ring (bicyclic) bond motifs is 1. The van der Waals surface area contributed by atoms with Gasteiger partial charge in [-0.05, 0) is 49.2 Å². The molecular formula is C22H36NO4P. The van der Waals surface area contributed by atoms with Crippen LogP contribution in [0.2, 0.25) is 0 Å². The first kappa shape index (κ1) is 26.6. The van der Waals surface area contributed by atoms with Gasteiger partial charge in [0, 0.05) is 35.2 Å². The number of nitrogens with zero attached hydrogens (tertiary/aromatic N) is 1. The van der Waals surface area contributed by atoms with Crippen LogP contribution >= 0.6 is 8.81 Å². The Morgan fingerprint density at radius 3 is 2.32 bits per heavy atom. The number of hydrogen-bond donors (Lipinski definition) is 0. The number of ketones is 1. The van der Waals surface area contributed by atoms with Crippen LogP contribution in [-0.4, -0.2) is 50.5 Å². The monoisotopic (exact) mass is 409 g/mol. The van der Waals surface area contributed by atoms with Crippen molar-refractivity contribution < 1.29 is 19.5 Å². The molecule has 0 amide bonds. The number of hydrogen-bond acceptors (Lipinski definition) is 4. The van der Waals surface area contributed by atoms with Crippen molar-refractivity contribution in [1.82, 2.24) is 0 Å². The molecule has 2 N–H and O–H groups in total. The molecule has 2 rings (SSSR count). The van der Waals surface area contributed by atoms with Crippen molar-refractivity contribution in [3.63, 3.8) is 0 Å².